The molecule has 1 heteroatoms. The average molecular weight is 99.2 g/mol. The van der Waals surface area contributed by atoms with Crippen LogP contribution in [0.2, 0.25) is 0 Å². The highest BCUT2D eigenvalue weighted by atomic mass is 14.6. The van der Waals surface area contributed by atoms with Gasteiger partial charge in [-0.25, -0.2) is 0 Å². The van der Waals surface area contributed by atoms with Gasteiger partial charge in [-0.3, -0.25) is 0 Å². The van der Waals surface area contributed by atoms with Crippen LogP contribution in [-0.2, 0) is 0 Å². The van der Waals surface area contributed by atoms with Crippen molar-refractivity contribution in [1.29, 1.82) is 0 Å². The van der Waals surface area contributed by atoms with Crippen LogP contribution in [0.1, 0.15) is 26.7 Å². The van der Waals surface area contributed by atoms with Crippen LogP contribution in [0.3, 0.4) is 0 Å². The summed E-state index contributed by atoms with van der Waals surface area (Å²) in [6.45, 7) is 4.08. The highest BCUT2D eigenvalue weighted by Gasteiger charge is 1.80. The zero-order valence-electron chi connectivity index (χ0n) is 5.07. The quantitative estimate of drug-likeness (QED) is 0.559. The van der Waals surface area contributed by atoms with Gasteiger partial charge in [0.15, 0.2) is 0 Å². The standard InChI is InChI=1S/C6H13N/c1-3-5-6(7)4-2/h4H,3,5,7H2,1-2H3/b6-4-. The number of nitrogens with two attached hydrogens (primary N) is 1. The Balaban J connectivity index is 3.17. The molecule has 2 N–H and O–H groups in total. The van der Waals surface area contributed by atoms with Crippen molar-refractivity contribution in [2.75, 3.05) is 0 Å². The first-order valence-corrected chi connectivity index (χ1v) is 2.72. The van der Waals surface area contributed by atoms with Crippen molar-refractivity contribution in [3.63, 3.8) is 0 Å². The van der Waals surface area contributed by atoms with E-state index in [4.69, 9.17) is 5.73 Å². The number of hydrogen-bond acceptors (Lipinski definition) is 1. The van der Waals surface area contributed by atoms with Crippen LogP contribution in [0.15, 0.2) is 11.8 Å². The minimum Gasteiger partial charge on any atom is -0.402 e. The first kappa shape index (κ1) is 6.54. The summed E-state index contributed by atoms with van der Waals surface area (Å²) in [5.41, 5.74) is 6.45. The summed E-state index contributed by atoms with van der Waals surface area (Å²) in [6.07, 6.45) is 4.14. The van der Waals surface area contributed by atoms with E-state index >= 15 is 0 Å². The Kier molecular flexibility index (Phi) is 3.48. The van der Waals surface area contributed by atoms with Gasteiger partial charge < -0.3 is 5.73 Å². The van der Waals surface area contributed by atoms with E-state index in [1.807, 2.05) is 13.0 Å². The van der Waals surface area contributed by atoms with Gasteiger partial charge in [-0.15, -0.1) is 0 Å². The van der Waals surface area contributed by atoms with Gasteiger partial charge in [0.2, 0.25) is 0 Å². The molecule has 0 aliphatic rings. The maximum absolute atomic E-state index is 5.44. The van der Waals surface area contributed by atoms with E-state index in [2.05, 4.69) is 6.92 Å². The number of rotatable bonds is 2. The lowest BCUT2D eigenvalue weighted by Gasteiger charge is -1.91. The predicted octanol–water partition coefficient (Wildman–Crippen LogP) is 1.65. The van der Waals surface area contributed by atoms with Crippen molar-refractivity contribution in [3.8, 4) is 0 Å². The minimum absolute atomic E-state index is 1.00. The van der Waals surface area contributed by atoms with E-state index in [1.54, 1.807) is 0 Å². The smallest absolute Gasteiger partial charge is 0.00370 e. The summed E-state index contributed by atoms with van der Waals surface area (Å²) < 4.78 is 0. The summed E-state index contributed by atoms with van der Waals surface area (Å²) >= 11 is 0. The van der Waals surface area contributed by atoms with Gasteiger partial charge in [0.05, 0.1) is 0 Å². The molecule has 0 heterocycles. The third kappa shape index (κ3) is 3.37. The Morgan fingerprint density at radius 1 is 1.71 bits per heavy atom. The topological polar surface area (TPSA) is 26.0 Å². The molecule has 0 aliphatic carbocycles. The Bertz CT molecular complexity index is 64.6. The van der Waals surface area contributed by atoms with Crippen LogP contribution < -0.4 is 5.73 Å². The second-order valence-electron chi connectivity index (χ2n) is 1.61. The van der Waals surface area contributed by atoms with E-state index < -0.39 is 0 Å². The van der Waals surface area contributed by atoms with E-state index in [-0.39, 0.29) is 0 Å². The van der Waals surface area contributed by atoms with Crippen molar-refractivity contribution in [2.24, 2.45) is 5.73 Å². The lowest BCUT2D eigenvalue weighted by Crippen LogP contribution is -1.93. The first-order chi connectivity index (χ1) is 3.31. The average Bonchev–Trinajstić information content (AvgIpc) is 1.68. The van der Waals surface area contributed by atoms with E-state index in [0.717, 1.165) is 18.5 Å². The second kappa shape index (κ2) is 3.72. The monoisotopic (exact) mass is 99.1 g/mol. The van der Waals surface area contributed by atoms with E-state index in [1.165, 1.54) is 0 Å². The molecule has 0 fully saturated rings. The molecule has 0 spiro atoms. The van der Waals surface area contributed by atoms with Crippen molar-refractivity contribution in [2.45, 2.75) is 26.7 Å². The number of allylic oxidation sites excluding steroid dienone is 2. The Labute approximate surface area is 45.2 Å². The maximum atomic E-state index is 5.44. The summed E-state index contributed by atoms with van der Waals surface area (Å²) in [7, 11) is 0. The summed E-state index contributed by atoms with van der Waals surface area (Å²) in [4.78, 5) is 0. The third-order valence-electron chi connectivity index (χ3n) is 0.909. The molecule has 0 rings (SSSR count). The van der Waals surface area contributed by atoms with Crippen LogP contribution in [0.4, 0.5) is 0 Å². The molecule has 0 saturated heterocycles. The van der Waals surface area contributed by atoms with Crippen LogP contribution in [0.5, 0.6) is 0 Å². The van der Waals surface area contributed by atoms with E-state index in [9.17, 15) is 0 Å². The van der Waals surface area contributed by atoms with Crippen LogP contribution in [0, 0.1) is 0 Å². The Morgan fingerprint density at radius 3 is 2.43 bits per heavy atom. The van der Waals surface area contributed by atoms with Crippen LogP contribution >= 0.6 is 0 Å². The summed E-state index contributed by atoms with van der Waals surface area (Å²) in [5, 5.41) is 0. The minimum atomic E-state index is 1.00. The van der Waals surface area contributed by atoms with Crippen molar-refractivity contribution >= 4 is 0 Å². The molecule has 0 aliphatic heterocycles. The van der Waals surface area contributed by atoms with Gasteiger partial charge >= 0.3 is 0 Å². The number of hydrogen-bond donors (Lipinski definition) is 1. The second-order valence-corrected chi connectivity index (χ2v) is 1.61. The fourth-order valence-corrected chi connectivity index (χ4v) is 0.433. The molecular formula is C6H13N. The maximum Gasteiger partial charge on any atom is 0.00370 e. The molecule has 0 bridgehead atoms. The zero-order valence-corrected chi connectivity index (χ0v) is 5.07. The van der Waals surface area contributed by atoms with Gasteiger partial charge in [-0.05, 0) is 13.3 Å². The fraction of sp³-hybridized carbons (Fsp3) is 0.667. The van der Waals surface area contributed by atoms with Gasteiger partial charge in [-0.1, -0.05) is 19.4 Å². The normalized spacial score (nSPS) is 12.0. The van der Waals surface area contributed by atoms with Gasteiger partial charge in [0, 0.05) is 5.70 Å². The molecule has 0 atom stereocenters. The summed E-state index contributed by atoms with van der Waals surface area (Å²) in [6, 6.07) is 0. The van der Waals surface area contributed by atoms with Crippen molar-refractivity contribution in [1.82, 2.24) is 0 Å². The van der Waals surface area contributed by atoms with Crippen LogP contribution in [-0.4, -0.2) is 0 Å². The Morgan fingerprint density at radius 2 is 2.29 bits per heavy atom. The van der Waals surface area contributed by atoms with Crippen molar-refractivity contribution in [3.05, 3.63) is 11.8 Å². The summed E-state index contributed by atoms with van der Waals surface area (Å²) in [5.74, 6) is 0. The third-order valence-corrected chi connectivity index (χ3v) is 0.909. The van der Waals surface area contributed by atoms with Crippen molar-refractivity contribution < 1.29 is 0 Å². The largest absolute Gasteiger partial charge is 0.402 e. The molecule has 0 aromatic rings. The molecule has 42 valence electrons. The molecule has 0 aromatic carbocycles. The Hall–Kier alpha value is -0.460. The first-order valence-electron chi connectivity index (χ1n) is 2.72. The highest BCUT2D eigenvalue weighted by molar-refractivity contribution is 4.92. The molecular weight excluding hydrogens is 86.1 g/mol. The lowest BCUT2D eigenvalue weighted by atomic mass is 10.2. The molecule has 1 nitrogen and oxygen atoms in total. The zero-order chi connectivity index (χ0) is 5.70. The molecule has 0 radical (unpaired) electrons. The molecule has 7 heavy (non-hydrogen) atoms. The fourth-order valence-electron chi connectivity index (χ4n) is 0.433. The van der Waals surface area contributed by atoms with Gasteiger partial charge in [0.25, 0.3) is 0 Å². The lowest BCUT2D eigenvalue weighted by molar-refractivity contribution is 0.890. The molecule has 0 amide bonds. The highest BCUT2D eigenvalue weighted by Crippen LogP contribution is 1.93. The SMILES string of the molecule is C/C=C(\N)CCC. The molecule has 0 unspecified atom stereocenters. The predicted molar refractivity (Wildman–Crippen MR) is 32.9 cm³/mol. The van der Waals surface area contributed by atoms with E-state index in [0.29, 0.717) is 0 Å². The van der Waals surface area contributed by atoms with Crippen LogP contribution in [0.25, 0.3) is 0 Å². The van der Waals surface area contributed by atoms with Gasteiger partial charge in [-0.2, -0.15) is 0 Å². The molecule has 0 aromatic heterocycles. The molecule has 0 saturated carbocycles. The van der Waals surface area contributed by atoms with Gasteiger partial charge in [0.1, 0.15) is 0 Å².